The van der Waals surface area contributed by atoms with Crippen LogP contribution in [0, 0.1) is 6.92 Å². The summed E-state index contributed by atoms with van der Waals surface area (Å²) in [4.78, 5) is 0. The molecule has 7 aromatic rings. The number of halogens is 2. The zero-order valence-corrected chi connectivity index (χ0v) is 28.5. The first-order valence-electron chi connectivity index (χ1n) is 12.7. The van der Waals surface area contributed by atoms with Crippen molar-refractivity contribution in [3.05, 3.63) is 133 Å². The summed E-state index contributed by atoms with van der Waals surface area (Å²) in [6, 6.07) is 45.6. The Hall–Kier alpha value is -2.49. The molecule has 0 nitrogen and oxygen atoms in total. The Morgan fingerprint density at radius 1 is 0.538 bits per heavy atom. The molecular weight excluding hydrogens is 698 g/mol. The molecule has 7 rings (SSSR count). The standard InChI is InChI=1S/C19H13.C14H11.C2H6Si.2ClH.Hf/c1-2-6-14(7-3-1)17-12-16-11-10-15-8-4-5-9-18(15)19(16)13-17;1-10-8-12-7-6-11-4-2-3-5-13(11)14(12)9-10;1-3-2;;;/h1-13H;2-9H,1H3;1-2H3;2*1H;/q2*-1;;;;+2/p-2. The van der Waals surface area contributed by atoms with Gasteiger partial charge >= 0.3 is 41.6 Å². The van der Waals surface area contributed by atoms with Crippen LogP contribution in [-0.4, -0.2) is 5.49 Å². The fraction of sp³-hybridized carbons (Fsp3) is 0.0857. The van der Waals surface area contributed by atoms with Crippen LogP contribution in [0.5, 0.6) is 0 Å². The second-order valence-electron chi connectivity index (χ2n) is 9.72. The molecular formula is C35H30Cl2HfSi-2. The minimum atomic E-state index is 0. The van der Waals surface area contributed by atoms with Crippen LogP contribution in [0.25, 0.3) is 54.2 Å². The van der Waals surface area contributed by atoms with Crippen molar-refractivity contribution in [2.24, 2.45) is 0 Å². The molecule has 0 unspecified atom stereocenters. The average molecular weight is 728 g/mol. The summed E-state index contributed by atoms with van der Waals surface area (Å²) in [5.74, 6) is 0. The van der Waals surface area contributed by atoms with Gasteiger partial charge in [0.2, 0.25) is 0 Å². The van der Waals surface area contributed by atoms with Gasteiger partial charge in [0.1, 0.15) is 0 Å². The van der Waals surface area contributed by atoms with Crippen molar-refractivity contribution in [2.45, 2.75) is 20.0 Å². The molecule has 0 atom stereocenters. The van der Waals surface area contributed by atoms with E-state index >= 15 is 0 Å². The predicted molar refractivity (Wildman–Crippen MR) is 162 cm³/mol. The summed E-state index contributed by atoms with van der Waals surface area (Å²) >= 11 is 1.45. The topological polar surface area (TPSA) is 0 Å². The predicted octanol–water partition coefficient (Wildman–Crippen LogP) is 4.19. The first kappa shape index (κ1) is 31.0. The average Bonchev–Trinajstić information content (AvgIpc) is 3.53. The molecule has 0 saturated heterocycles. The quantitative estimate of drug-likeness (QED) is 0.176. The molecule has 39 heavy (non-hydrogen) atoms. The number of hydrogen-bond donors (Lipinski definition) is 0. The van der Waals surface area contributed by atoms with Crippen molar-refractivity contribution < 1.29 is 47.8 Å². The van der Waals surface area contributed by atoms with Crippen molar-refractivity contribution in [3.63, 3.8) is 0 Å². The second kappa shape index (κ2) is 14.2. The second-order valence-corrected chi connectivity index (χ2v) is 22.5. The maximum absolute atomic E-state index is 2.33. The fourth-order valence-electron chi connectivity index (χ4n) is 4.88. The van der Waals surface area contributed by atoms with E-state index in [9.17, 15) is 0 Å². The van der Waals surface area contributed by atoms with Crippen LogP contribution in [0.1, 0.15) is 5.56 Å². The summed E-state index contributed by atoms with van der Waals surface area (Å²) in [5.41, 5.74) is 4.18. The Kier molecular flexibility index (Phi) is 11.3. The monoisotopic (exact) mass is 728 g/mol. The van der Waals surface area contributed by atoms with Crippen molar-refractivity contribution >= 4 is 48.6 Å². The van der Waals surface area contributed by atoms with E-state index in [4.69, 9.17) is 0 Å². The summed E-state index contributed by atoms with van der Waals surface area (Å²) in [5, 5.41) is 10.7. The van der Waals surface area contributed by atoms with Gasteiger partial charge in [0.05, 0.1) is 0 Å². The molecule has 0 aliphatic carbocycles. The summed E-state index contributed by atoms with van der Waals surface area (Å²) in [7, 11) is 0. The Bertz CT molecular complexity index is 1830. The molecule has 0 fully saturated rings. The van der Waals surface area contributed by atoms with Gasteiger partial charge in [-0.25, -0.2) is 0 Å². The van der Waals surface area contributed by atoms with Gasteiger partial charge in [-0.05, 0) is 0 Å². The molecule has 0 spiro atoms. The van der Waals surface area contributed by atoms with Crippen LogP contribution in [0.3, 0.4) is 0 Å². The van der Waals surface area contributed by atoms with Crippen LogP contribution >= 0.6 is 0 Å². The molecule has 0 saturated carbocycles. The number of hydrogen-bond acceptors (Lipinski definition) is 0. The van der Waals surface area contributed by atoms with Gasteiger partial charge in [-0.2, -0.15) is 6.07 Å². The van der Waals surface area contributed by atoms with Crippen LogP contribution in [0.15, 0.2) is 127 Å². The van der Waals surface area contributed by atoms with Crippen molar-refractivity contribution in [2.75, 3.05) is 0 Å². The Labute approximate surface area is 258 Å². The van der Waals surface area contributed by atoms with Gasteiger partial charge in [0.15, 0.2) is 0 Å². The Morgan fingerprint density at radius 2 is 0.974 bits per heavy atom. The van der Waals surface area contributed by atoms with E-state index in [1.165, 1.54) is 82.8 Å². The molecule has 7 aromatic carbocycles. The van der Waals surface area contributed by atoms with Gasteiger partial charge in [-0.15, -0.1) is 56.9 Å². The number of benzene rings is 5. The Balaban J connectivity index is 0.000000187. The third-order valence-corrected chi connectivity index (χ3v) is 6.48. The molecule has 0 amide bonds. The van der Waals surface area contributed by atoms with Gasteiger partial charge < -0.3 is 24.8 Å². The van der Waals surface area contributed by atoms with E-state index in [2.05, 4.69) is 147 Å². The van der Waals surface area contributed by atoms with Crippen molar-refractivity contribution in [1.29, 1.82) is 0 Å². The Morgan fingerprint density at radius 3 is 1.54 bits per heavy atom. The number of rotatable bonds is 1. The van der Waals surface area contributed by atoms with E-state index in [1.807, 2.05) is 0 Å². The fourth-order valence-corrected chi connectivity index (χ4v) is 4.88. The van der Waals surface area contributed by atoms with Gasteiger partial charge in [-0.1, -0.05) is 131 Å². The molecule has 0 aromatic heterocycles. The molecule has 0 aliphatic rings. The molecule has 0 aliphatic heterocycles. The van der Waals surface area contributed by atoms with E-state index in [0.717, 1.165) is 0 Å². The first-order valence-corrected chi connectivity index (χ1v) is 20.6. The summed E-state index contributed by atoms with van der Waals surface area (Å²) in [6.07, 6.45) is 0. The van der Waals surface area contributed by atoms with E-state index < -0.39 is 0 Å². The van der Waals surface area contributed by atoms with Crippen LogP contribution in [-0.2, 0) is 23.0 Å². The zero-order valence-electron chi connectivity index (χ0n) is 22.4. The summed E-state index contributed by atoms with van der Waals surface area (Å²) < 4.78 is 0. The van der Waals surface area contributed by atoms with E-state index in [-0.39, 0.29) is 30.3 Å². The third-order valence-electron chi connectivity index (χ3n) is 6.48. The number of fused-ring (bicyclic) bond motifs is 6. The van der Waals surface area contributed by atoms with Crippen LogP contribution < -0.4 is 24.8 Å². The third kappa shape index (κ3) is 7.38. The smallest absolute Gasteiger partial charge is 0.0520 e. The molecule has 194 valence electrons. The number of aryl methyl sites for hydroxylation is 1. The van der Waals surface area contributed by atoms with E-state index in [1.54, 1.807) is 0 Å². The SMILES string of the molecule is C[Si](C)=[Hf+2].Cc1cc2ccc3ccccc3c2[cH-]1.[Cl-].[Cl-].c1ccc(-c2cc3ccc4ccccc4c3[cH-]2)cc1. The largest absolute Gasteiger partial charge is 1.00 e. The van der Waals surface area contributed by atoms with Gasteiger partial charge in [0.25, 0.3) is 0 Å². The summed E-state index contributed by atoms with van der Waals surface area (Å²) in [6.45, 7) is 6.81. The maximum atomic E-state index is 2.33. The van der Waals surface area contributed by atoms with Crippen molar-refractivity contribution in [1.82, 2.24) is 0 Å². The van der Waals surface area contributed by atoms with E-state index in [0.29, 0.717) is 0 Å². The molecule has 0 N–H and O–H groups in total. The van der Waals surface area contributed by atoms with Gasteiger partial charge in [-0.3, -0.25) is 0 Å². The first-order chi connectivity index (χ1) is 18.0. The minimum Gasteiger partial charge on any atom is -1.00 e. The molecule has 0 bridgehead atoms. The zero-order chi connectivity index (χ0) is 25.8. The van der Waals surface area contributed by atoms with Gasteiger partial charge in [0, 0.05) is 0 Å². The normalized spacial score (nSPS) is 10.2. The molecule has 0 radical (unpaired) electrons. The van der Waals surface area contributed by atoms with Crippen LogP contribution in [0.4, 0.5) is 0 Å². The van der Waals surface area contributed by atoms with Crippen molar-refractivity contribution in [3.8, 4) is 11.1 Å². The minimum absolute atomic E-state index is 0. The molecule has 4 heteroatoms. The maximum Gasteiger partial charge on any atom is -0.0520 e. The molecule has 0 heterocycles. The van der Waals surface area contributed by atoms with Crippen LogP contribution in [0.2, 0.25) is 13.1 Å².